The standard InChI is InChI=1S/C12H2F24S/c13-1(3(16,17)37)2(14,15)4(18,19)5(20,21)6(22,23)7(24,25)8(26,27)9(28,29)10(30,31)11(32,33)12(34,35)36/h1,37H. The van der Waals surface area contributed by atoms with Gasteiger partial charge in [0.2, 0.25) is 6.17 Å². The molecule has 1 unspecified atom stereocenters. The van der Waals surface area contributed by atoms with Gasteiger partial charge < -0.3 is 0 Å². The van der Waals surface area contributed by atoms with Gasteiger partial charge in [0.05, 0.1) is 0 Å². The summed E-state index contributed by atoms with van der Waals surface area (Å²) >= 11 is 1.50. The summed E-state index contributed by atoms with van der Waals surface area (Å²) in [7, 11) is 0. The Morgan fingerprint density at radius 1 is 0.324 bits per heavy atom. The molecule has 37 heavy (non-hydrogen) atoms. The maximum atomic E-state index is 13.4. The Hall–Kier alpha value is -1.33. The van der Waals surface area contributed by atoms with Crippen molar-refractivity contribution < 1.29 is 105 Å². The Labute approximate surface area is 190 Å². The molecule has 25 heteroatoms. The highest BCUT2D eigenvalue weighted by Crippen LogP contribution is 2.66. The third kappa shape index (κ3) is 4.40. The molecule has 0 aromatic carbocycles. The van der Waals surface area contributed by atoms with E-state index in [1.165, 1.54) is 12.6 Å². The highest BCUT2D eigenvalue weighted by molar-refractivity contribution is 7.81. The van der Waals surface area contributed by atoms with Crippen LogP contribution < -0.4 is 0 Å². The number of alkyl halides is 24. The second-order valence-electron chi connectivity index (χ2n) is 6.67. The summed E-state index contributed by atoms with van der Waals surface area (Å²) in [6.07, 6.45) is -14.3. The molecule has 0 aliphatic carbocycles. The predicted molar refractivity (Wildman–Crippen MR) is 69.4 cm³/mol. The molecule has 0 heterocycles. The lowest BCUT2D eigenvalue weighted by Crippen LogP contribution is -2.77. The molecular formula is C12H2F24S. The van der Waals surface area contributed by atoms with Crippen LogP contribution in [0.4, 0.5) is 105 Å². The van der Waals surface area contributed by atoms with Crippen molar-refractivity contribution in [1.82, 2.24) is 0 Å². The fourth-order valence-corrected chi connectivity index (χ4v) is 2.11. The Balaban J connectivity index is 7.17. The van der Waals surface area contributed by atoms with E-state index in [4.69, 9.17) is 0 Å². The smallest absolute Gasteiger partial charge is 0.233 e. The third-order valence-electron chi connectivity index (χ3n) is 4.16. The second-order valence-corrected chi connectivity index (χ2v) is 7.26. The van der Waals surface area contributed by atoms with E-state index < -0.39 is 70.9 Å². The van der Waals surface area contributed by atoms with Gasteiger partial charge in [0.1, 0.15) is 0 Å². The van der Waals surface area contributed by atoms with E-state index >= 15 is 0 Å². The Bertz CT molecular complexity index is 828. The zero-order chi connectivity index (χ0) is 31.1. The van der Waals surface area contributed by atoms with E-state index in [0.29, 0.717) is 0 Å². The van der Waals surface area contributed by atoms with Crippen molar-refractivity contribution in [3.8, 4) is 0 Å². The van der Waals surface area contributed by atoms with E-state index in [1.807, 2.05) is 0 Å². The zero-order valence-electron chi connectivity index (χ0n) is 15.6. The molecule has 0 aromatic heterocycles. The number of halogens is 24. The Morgan fingerprint density at radius 2 is 0.514 bits per heavy atom. The van der Waals surface area contributed by atoms with Gasteiger partial charge in [0.15, 0.2) is 0 Å². The highest BCUT2D eigenvalue weighted by Gasteiger charge is 2.98. The van der Waals surface area contributed by atoms with E-state index in [0.717, 1.165) is 0 Å². The topological polar surface area (TPSA) is 0 Å². The summed E-state index contributed by atoms with van der Waals surface area (Å²) < 4.78 is 310. The fourth-order valence-electron chi connectivity index (χ4n) is 1.95. The maximum absolute atomic E-state index is 13.4. The number of hydrogen-bond acceptors (Lipinski definition) is 1. The van der Waals surface area contributed by atoms with Crippen LogP contribution in [0.1, 0.15) is 0 Å². The molecule has 0 aromatic rings. The number of hydrogen-bond donors (Lipinski definition) is 1. The van der Waals surface area contributed by atoms with Gasteiger partial charge in [-0.1, -0.05) is 0 Å². The van der Waals surface area contributed by atoms with Crippen LogP contribution in [0.3, 0.4) is 0 Å². The predicted octanol–water partition coefficient (Wildman–Crippen LogP) is 8.13. The average Bonchev–Trinajstić information content (AvgIpc) is 2.64. The molecule has 0 nitrogen and oxygen atoms in total. The molecule has 0 saturated carbocycles. The summed E-state index contributed by atoms with van der Waals surface area (Å²) in [4.78, 5) is 0. The molecule has 0 saturated heterocycles. The molecule has 0 spiro atoms. The van der Waals surface area contributed by atoms with E-state index in [9.17, 15) is 105 Å². The fraction of sp³-hybridized carbons (Fsp3) is 1.00. The molecule has 224 valence electrons. The zero-order valence-corrected chi connectivity index (χ0v) is 16.5. The van der Waals surface area contributed by atoms with Crippen molar-refractivity contribution in [1.29, 1.82) is 0 Å². The van der Waals surface area contributed by atoms with Crippen molar-refractivity contribution in [2.75, 3.05) is 0 Å². The average molecular weight is 634 g/mol. The normalized spacial score (nSPS) is 17.8. The van der Waals surface area contributed by atoms with E-state index in [2.05, 4.69) is 0 Å². The Morgan fingerprint density at radius 3 is 0.703 bits per heavy atom. The molecule has 0 amide bonds. The minimum absolute atomic E-state index is 1.50. The van der Waals surface area contributed by atoms with Crippen LogP contribution in [-0.4, -0.2) is 70.9 Å². The molecule has 0 rings (SSSR count). The lowest BCUT2D eigenvalue weighted by atomic mass is 9.85. The summed E-state index contributed by atoms with van der Waals surface area (Å²) in [6.45, 7) is 0. The van der Waals surface area contributed by atoms with Crippen molar-refractivity contribution in [2.24, 2.45) is 0 Å². The monoisotopic (exact) mass is 634 g/mol. The van der Waals surface area contributed by atoms with Crippen LogP contribution in [0.5, 0.6) is 0 Å². The van der Waals surface area contributed by atoms with Gasteiger partial charge in [-0.2, -0.15) is 101 Å². The lowest BCUT2D eigenvalue weighted by molar-refractivity contribution is -0.475. The molecule has 0 aliphatic heterocycles. The van der Waals surface area contributed by atoms with E-state index in [1.54, 1.807) is 0 Å². The molecule has 0 aliphatic rings. The van der Waals surface area contributed by atoms with Crippen molar-refractivity contribution >= 4 is 12.6 Å². The first kappa shape index (κ1) is 35.7. The number of thiol groups is 1. The molecule has 0 bridgehead atoms. The summed E-state index contributed by atoms with van der Waals surface area (Å²) in [5, 5.41) is -6.26. The number of rotatable bonds is 10. The van der Waals surface area contributed by atoms with Gasteiger partial charge >= 0.3 is 64.7 Å². The van der Waals surface area contributed by atoms with Crippen LogP contribution >= 0.6 is 12.6 Å². The summed E-state index contributed by atoms with van der Waals surface area (Å²) in [6, 6.07) is 0. The van der Waals surface area contributed by atoms with Crippen LogP contribution in [0.25, 0.3) is 0 Å². The molecule has 0 radical (unpaired) electrons. The summed E-state index contributed by atoms with van der Waals surface area (Å²) in [5.41, 5.74) is 0. The molecule has 1 atom stereocenters. The first-order valence-corrected chi connectivity index (χ1v) is 8.06. The first-order chi connectivity index (χ1) is 15.4. The van der Waals surface area contributed by atoms with Crippen LogP contribution in [0.15, 0.2) is 0 Å². The second kappa shape index (κ2) is 8.58. The van der Waals surface area contributed by atoms with Gasteiger partial charge in [-0.05, 0) is 0 Å². The SMILES string of the molecule is FC(C(F)(F)S)C(F)(F)C(F)(F)C(F)(F)C(F)(F)C(F)(F)C(F)(F)C(F)(F)C(F)(F)C(F)(F)C(F)(F)F. The quantitative estimate of drug-likeness (QED) is 0.182. The van der Waals surface area contributed by atoms with Crippen LogP contribution in [0, 0.1) is 0 Å². The maximum Gasteiger partial charge on any atom is 0.460 e. The third-order valence-corrected chi connectivity index (χ3v) is 4.38. The minimum Gasteiger partial charge on any atom is -0.233 e. The molecule has 0 fully saturated rings. The largest absolute Gasteiger partial charge is 0.460 e. The molecular weight excluding hydrogens is 632 g/mol. The minimum atomic E-state index is -9.44. The van der Waals surface area contributed by atoms with Gasteiger partial charge in [0, 0.05) is 0 Å². The van der Waals surface area contributed by atoms with Crippen LogP contribution in [0.2, 0.25) is 0 Å². The van der Waals surface area contributed by atoms with E-state index in [-0.39, 0.29) is 0 Å². The van der Waals surface area contributed by atoms with Gasteiger partial charge in [-0.25, -0.2) is 4.39 Å². The van der Waals surface area contributed by atoms with Crippen molar-refractivity contribution in [3.05, 3.63) is 0 Å². The summed E-state index contributed by atoms with van der Waals surface area (Å²) in [5.74, 6) is -81.1. The first-order valence-electron chi connectivity index (χ1n) is 7.62. The van der Waals surface area contributed by atoms with Crippen molar-refractivity contribution in [3.63, 3.8) is 0 Å². The van der Waals surface area contributed by atoms with Crippen molar-refractivity contribution in [2.45, 2.75) is 70.9 Å². The highest BCUT2D eigenvalue weighted by atomic mass is 32.1. The van der Waals surface area contributed by atoms with Gasteiger partial charge in [-0.3, -0.25) is 0 Å². The van der Waals surface area contributed by atoms with Gasteiger partial charge in [0.25, 0.3) is 0 Å². The van der Waals surface area contributed by atoms with Crippen LogP contribution in [-0.2, 0) is 0 Å². The Kier molecular flexibility index (Phi) is 8.27. The molecule has 0 N–H and O–H groups in total. The van der Waals surface area contributed by atoms with Gasteiger partial charge in [-0.15, -0.1) is 12.6 Å². The lowest BCUT2D eigenvalue weighted by Gasteiger charge is -2.44.